The normalized spacial score (nSPS) is 32.2. The summed E-state index contributed by atoms with van der Waals surface area (Å²) in [5.74, 6) is -0.430. The van der Waals surface area contributed by atoms with Crippen molar-refractivity contribution in [2.45, 2.75) is 28.2 Å². The van der Waals surface area contributed by atoms with Crippen molar-refractivity contribution in [2.24, 2.45) is 0 Å². The first-order valence-electron chi connectivity index (χ1n) is 9.83. The van der Waals surface area contributed by atoms with E-state index in [0.29, 0.717) is 6.42 Å². The van der Waals surface area contributed by atoms with Gasteiger partial charge in [0.05, 0.1) is 5.41 Å². The molecule has 3 aromatic rings. The molecule has 2 aromatic carbocycles. The molecular formula is C22H20N4O2S2. The molecule has 0 saturated carbocycles. The van der Waals surface area contributed by atoms with Crippen molar-refractivity contribution < 1.29 is 9.59 Å². The average Bonchev–Trinajstić information content (AvgIpc) is 3.38. The smallest absolute Gasteiger partial charge is 0.260 e. The van der Waals surface area contributed by atoms with Gasteiger partial charge in [0.2, 0.25) is 0 Å². The molecule has 0 radical (unpaired) electrons. The second-order valence-corrected chi connectivity index (χ2v) is 9.53. The number of H-pyrrole nitrogens is 1. The van der Waals surface area contributed by atoms with Crippen LogP contribution in [0.4, 0.5) is 5.69 Å². The molecule has 2 saturated heterocycles. The first kappa shape index (κ1) is 18.2. The molecule has 6 rings (SSSR count). The van der Waals surface area contributed by atoms with Gasteiger partial charge >= 0.3 is 0 Å². The number of hydrogen-bond donors (Lipinski definition) is 4. The maximum Gasteiger partial charge on any atom is 0.260 e. The van der Waals surface area contributed by atoms with Crippen LogP contribution in [0.1, 0.15) is 17.5 Å². The summed E-state index contributed by atoms with van der Waals surface area (Å²) in [6.45, 7) is 0. The van der Waals surface area contributed by atoms with Crippen molar-refractivity contribution in [2.75, 3.05) is 12.4 Å². The van der Waals surface area contributed by atoms with E-state index in [1.807, 2.05) is 42.6 Å². The SMILES string of the molecule is CN1C(=O)[C@@]2(S)C[C@]3(c4c[nH]c5ccccc45)c4ccccc4N[C@@H]3N2C(=O)[C@@H]1S. The first-order chi connectivity index (χ1) is 14.4. The van der Waals surface area contributed by atoms with Crippen molar-refractivity contribution in [3.63, 3.8) is 0 Å². The van der Waals surface area contributed by atoms with Crippen LogP contribution in [0, 0.1) is 0 Å². The molecule has 6 nitrogen and oxygen atoms in total. The first-order valence-corrected chi connectivity index (χ1v) is 10.8. The van der Waals surface area contributed by atoms with Gasteiger partial charge in [-0.2, -0.15) is 0 Å². The zero-order valence-corrected chi connectivity index (χ0v) is 18.0. The van der Waals surface area contributed by atoms with Crippen molar-refractivity contribution >= 4 is 53.7 Å². The van der Waals surface area contributed by atoms with E-state index in [-0.39, 0.29) is 11.8 Å². The number of amides is 2. The maximum atomic E-state index is 13.4. The molecule has 2 fully saturated rings. The van der Waals surface area contributed by atoms with Crippen LogP contribution in [0.25, 0.3) is 10.9 Å². The molecule has 30 heavy (non-hydrogen) atoms. The molecule has 4 atom stereocenters. The Labute approximate surface area is 184 Å². The van der Waals surface area contributed by atoms with Crippen LogP contribution in [-0.4, -0.2) is 50.1 Å². The second kappa shape index (κ2) is 5.76. The Morgan fingerprint density at radius 1 is 1.07 bits per heavy atom. The average molecular weight is 437 g/mol. The summed E-state index contributed by atoms with van der Waals surface area (Å²) in [5, 5.41) is 3.78. The zero-order valence-electron chi connectivity index (χ0n) is 16.2. The zero-order chi connectivity index (χ0) is 20.8. The fourth-order valence-corrected chi connectivity index (χ4v) is 6.43. The van der Waals surface area contributed by atoms with Crippen LogP contribution in [0.15, 0.2) is 54.7 Å². The topological polar surface area (TPSA) is 68.4 Å². The van der Waals surface area contributed by atoms with Crippen LogP contribution in [0.3, 0.4) is 0 Å². The summed E-state index contributed by atoms with van der Waals surface area (Å²) in [6, 6.07) is 16.2. The number of aromatic amines is 1. The predicted octanol–water partition coefficient (Wildman–Crippen LogP) is 2.79. The van der Waals surface area contributed by atoms with Gasteiger partial charge in [0.1, 0.15) is 6.17 Å². The Hall–Kier alpha value is -2.58. The Kier molecular flexibility index (Phi) is 3.50. The number of thiol groups is 2. The second-order valence-electron chi connectivity index (χ2n) is 8.30. The summed E-state index contributed by atoms with van der Waals surface area (Å²) in [7, 11) is 1.61. The number of likely N-dealkylation sites (N-methyl/N-ethyl adjacent to an activating group) is 1. The van der Waals surface area contributed by atoms with Crippen molar-refractivity contribution in [1.82, 2.24) is 14.8 Å². The molecule has 3 aliphatic rings. The third-order valence-corrected chi connectivity index (χ3v) is 8.04. The van der Waals surface area contributed by atoms with E-state index in [0.717, 1.165) is 27.7 Å². The van der Waals surface area contributed by atoms with E-state index in [1.165, 1.54) is 4.90 Å². The highest BCUT2D eigenvalue weighted by Gasteiger charge is 2.70. The molecule has 2 amide bonds. The van der Waals surface area contributed by atoms with Crippen LogP contribution in [0.5, 0.6) is 0 Å². The molecule has 152 valence electrons. The van der Waals surface area contributed by atoms with E-state index >= 15 is 0 Å². The van der Waals surface area contributed by atoms with E-state index in [2.05, 4.69) is 35.1 Å². The summed E-state index contributed by atoms with van der Waals surface area (Å²) in [6.07, 6.45) is 1.94. The predicted molar refractivity (Wildman–Crippen MR) is 122 cm³/mol. The van der Waals surface area contributed by atoms with Gasteiger partial charge in [-0.1, -0.05) is 36.4 Å². The number of nitrogens with zero attached hydrogens (tertiary/aromatic N) is 2. The number of carbonyl (C=O) groups excluding carboxylic acids is 2. The number of carbonyl (C=O) groups is 2. The minimum Gasteiger partial charge on any atom is -0.364 e. The van der Waals surface area contributed by atoms with Gasteiger partial charge < -0.3 is 15.2 Å². The van der Waals surface area contributed by atoms with Crippen molar-refractivity contribution in [3.8, 4) is 0 Å². The molecule has 2 N–H and O–H groups in total. The van der Waals surface area contributed by atoms with Gasteiger partial charge in [0.25, 0.3) is 11.8 Å². The number of hydrogen-bond acceptors (Lipinski definition) is 5. The fourth-order valence-electron chi connectivity index (χ4n) is 5.58. The number of para-hydroxylation sites is 2. The van der Waals surface area contributed by atoms with Crippen LogP contribution < -0.4 is 5.32 Å². The van der Waals surface area contributed by atoms with Crippen LogP contribution in [-0.2, 0) is 15.0 Å². The van der Waals surface area contributed by atoms with E-state index < -0.39 is 21.8 Å². The van der Waals surface area contributed by atoms with Gasteiger partial charge in [-0.3, -0.25) is 14.5 Å². The highest BCUT2D eigenvalue weighted by Crippen LogP contribution is 2.61. The van der Waals surface area contributed by atoms with Crippen LogP contribution in [0.2, 0.25) is 0 Å². The lowest BCUT2D eigenvalue weighted by molar-refractivity contribution is -0.157. The highest BCUT2D eigenvalue weighted by molar-refractivity contribution is 7.83. The standard InChI is InChI=1S/C22H20N4O2S2/c1-25-18(29)17(27)26-19-21(11-22(26,30)20(25)28,13-7-3-5-9-16(13)24-19)14-10-23-15-8-4-2-6-12(14)15/h2-10,18-19,23-24,29-30H,11H2,1H3/t18-,19+,21+,22-/m0/s1. The third kappa shape index (κ3) is 1.94. The molecule has 0 bridgehead atoms. The van der Waals surface area contributed by atoms with Gasteiger partial charge in [-0.25, -0.2) is 0 Å². The molecule has 3 aliphatic heterocycles. The Morgan fingerprint density at radius 2 is 1.80 bits per heavy atom. The Bertz CT molecular complexity index is 1240. The van der Waals surface area contributed by atoms with E-state index in [1.54, 1.807) is 11.9 Å². The minimum absolute atomic E-state index is 0.210. The number of rotatable bonds is 1. The monoisotopic (exact) mass is 436 g/mol. The van der Waals surface area contributed by atoms with E-state index in [9.17, 15) is 9.59 Å². The quantitative estimate of drug-likeness (QED) is 0.444. The molecule has 0 unspecified atom stereocenters. The fraction of sp³-hybridized carbons (Fsp3) is 0.273. The Morgan fingerprint density at radius 3 is 2.63 bits per heavy atom. The lowest BCUT2D eigenvalue weighted by Gasteiger charge is -2.45. The molecule has 4 heterocycles. The number of nitrogens with one attached hydrogen (secondary N) is 2. The maximum absolute atomic E-state index is 13.4. The number of anilines is 1. The van der Waals surface area contributed by atoms with Gasteiger partial charge in [0, 0.05) is 36.3 Å². The number of piperazine rings is 1. The van der Waals surface area contributed by atoms with Gasteiger partial charge in [-0.05, 0) is 23.3 Å². The number of benzene rings is 2. The van der Waals surface area contributed by atoms with Gasteiger partial charge in [0.15, 0.2) is 10.2 Å². The number of aromatic nitrogens is 1. The summed E-state index contributed by atoms with van der Waals surface area (Å²) < 4.78 is 0. The van der Waals surface area contributed by atoms with Crippen LogP contribution >= 0.6 is 25.3 Å². The van der Waals surface area contributed by atoms with Crippen molar-refractivity contribution in [1.29, 1.82) is 0 Å². The Balaban J connectivity index is 1.67. The summed E-state index contributed by atoms with van der Waals surface area (Å²) in [4.78, 5) is 31.9. The largest absolute Gasteiger partial charge is 0.364 e. The molecule has 8 heteroatoms. The lowest BCUT2D eigenvalue weighted by atomic mass is 9.72. The molecule has 0 spiro atoms. The minimum atomic E-state index is -1.26. The number of fused-ring (bicyclic) bond motifs is 6. The molecule has 1 aromatic heterocycles. The molecular weight excluding hydrogens is 416 g/mol. The summed E-state index contributed by atoms with van der Waals surface area (Å²) >= 11 is 9.30. The van der Waals surface area contributed by atoms with Crippen molar-refractivity contribution in [3.05, 3.63) is 65.9 Å². The van der Waals surface area contributed by atoms with E-state index in [4.69, 9.17) is 12.6 Å². The highest BCUT2D eigenvalue weighted by atomic mass is 32.1. The lowest BCUT2D eigenvalue weighted by Crippen LogP contribution is -2.67. The van der Waals surface area contributed by atoms with Gasteiger partial charge in [-0.15, -0.1) is 25.3 Å². The molecule has 0 aliphatic carbocycles. The summed E-state index contributed by atoms with van der Waals surface area (Å²) in [5.41, 5.74) is 3.49. The third-order valence-electron chi connectivity index (χ3n) is 6.91.